The Balaban J connectivity index is 1.26. The summed E-state index contributed by atoms with van der Waals surface area (Å²) in [6.45, 7) is -0.459. The van der Waals surface area contributed by atoms with Crippen molar-refractivity contribution < 1.29 is 14.3 Å². The third-order valence-electron chi connectivity index (χ3n) is 3.88. The van der Waals surface area contributed by atoms with Crippen molar-refractivity contribution >= 4 is 90.7 Å². The molecule has 4 rings (SSSR count). The standard InChI is InChI=1S/C18H14N4O3S4/c23-15(19-9-1-3-11-13(5-9)28-17(26)21-11)7-25-8-16(24)20-10-2-4-12-14(6-10)29-18(27)22-12/h1-6H,7-8H2,(H,19,23)(H,20,24)(H,21,26)(H,22,27). The Morgan fingerprint density at radius 2 is 1.28 bits per heavy atom. The zero-order chi connectivity index (χ0) is 20.4. The number of thiazole rings is 2. The number of amides is 2. The van der Waals surface area contributed by atoms with Crippen LogP contribution in [0.5, 0.6) is 0 Å². The van der Waals surface area contributed by atoms with E-state index in [1.165, 1.54) is 22.7 Å². The first-order chi connectivity index (χ1) is 14.0. The van der Waals surface area contributed by atoms with Gasteiger partial charge in [0.15, 0.2) is 7.91 Å². The highest BCUT2D eigenvalue weighted by molar-refractivity contribution is 7.74. The van der Waals surface area contributed by atoms with E-state index in [9.17, 15) is 9.59 Å². The Kier molecular flexibility index (Phi) is 5.83. The summed E-state index contributed by atoms with van der Waals surface area (Å²) >= 11 is 13.1. The van der Waals surface area contributed by atoms with E-state index in [4.69, 9.17) is 29.2 Å². The van der Waals surface area contributed by atoms with Gasteiger partial charge in [-0.1, -0.05) is 0 Å². The normalized spacial score (nSPS) is 11.0. The molecule has 0 radical (unpaired) electrons. The van der Waals surface area contributed by atoms with Crippen molar-refractivity contribution in [3.63, 3.8) is 0 Å². The van der Waals surface area contributed by atoms with E-state index in [0.29, 0.717) is 19.3 Å². The molecule has 0 saturated carbocycles. The maximum Gasteiger partial charge on any atom is 0.250 e. The van der Waals surface area contributed by atoms with Crippen LogP contribution in [0, 0.1) is 7.91 Å². The Morgan fingerprint density at radius 1 is 0.828 bits per heavy atom. The van der Waals surface area contributed by atoms with Gasteiger partial charge in [-0.05, 0) is 60.8 Å². The molecule has 29 heavy (non-hydrogen) atoms. The number of nitrogens with one attached hydrogen (secondary N) is 4. The molecular weight excluding hydrogens is 448 g/mol. The summed E-state index contributed by atoms with van der Waals surface area (Å²) < 4.78 is 8.49. The molecule has 0 spiro atoms. The number of anilines is 2. The first-order valence-electron chi connectivity index (χ1n) is 8.39. The van der Waals surface area contributed by atoms with Crippen molar-refractivity contribution in [1.29, 1.82) is 0 Å². The van der Waals surface area contributed by atoms with Gasteiger partial charge in [-0.25, -0.2) is 0 Å². The molecule has 148 valence electrons. The predicted octanol–water partition coefficient (Wildman–Crippen LogP) is 4.82. The summed E-state index contributed by atoms with van der Waals surface area (Å²) in [4.78, 5) is 30.2. The SMILES string of the molecule is O=C(COCC(=O)Nc1ccc2[nH]c(=S)sc2c1)Nc1ccc2[nH]c(=S)sc2c1. The van der Waals surface area contributed by atoms with Crippen LogP contribution in [0.3, 0.4) is 0 Å². The molecule has 2 aromatic heterocycles. The summed E-state index contributed by atoms with van der Waals surface area (Å²) in [6, 6.07) is 10.9. The molecule has 2 aromatic carbocycles. The van der Waals surface area contributed by atoms with E-state index >= 15 is 0 Å². The van der Waals surface area contributed by atoms with Crippen molar-refractivity contribution in [3.05, 3.63) is 44.3 Å². The smallest absolute Gasteiger partial charge is 0.250 e. The Morgan fingerprint density at radius 3 is 1.72 bits per heavy atom. The highest BCUT2D eigenvalue weighted by atomic mass is 32.2. The Labute approximate surface area is 182 Å². The molecule has 4 aromatic rings. The van der Waals surface area contributed by atoms with Crippen LogP contribution in [0.4, 0.5) is 11.4 Å². The van der Waals surface area contributed by atoms with Gasteiger partial charge in [-0.2, -0.15) is 0 Å². The number of fused-ring (bicyclic) bond motifs is 2. The van der Waals surface area contributed by atoms with E-state index in [1.807, 2.05) is 24.3 Å². The molecule has 0 fully saturated rings. The summed E-state index contributed by atoms with van der Waals surface area (Å²) in [7, 11) is 0. The number of carbonyl (C=O) groups is 2. The van der Waals surface area contributed by atoms with Gasteiger partial charge in [0.1, 0.15) is 13.2 Å². The lowest BCUT2D eigenvalue weighted by Crippen LogP contribution is -2.23. The Bertz CT molecular complexity index is 1230. The molecular formula is C18H14N4O3S4. The van der Waals surface area contributed by atoms with Gasteiger partial charge in [0.2, 0.25) is 11.8 Å². The lowest BCUT2D eigenvalue weighted by atomic mass is 10.3. The lowest BCUT2D eigenvalue weighted by molar-refractivity contribution is -0.125. The monoisotopic (exact) mass is 462 g/mol. The molecule has 4 N–H and O–H groups in total. The highest BCUT2D eigenvalue weighted by Gasteiger charge is 2.08. The van der Waals surface area contributed by atoms with Gasteiger partial charge >= 0.3 is 0 Å². The number of ether oxygens (including phenoxy) is 1. The average molecular weight is 463 g/mol. The average Bonchev–Trinajstić information content (AvgIpc) is 3.21. The first-order valence-corrected chi connectivity index (χ1v) is 10.8. The van der Waals surface area contributed by atoms with Crippen molar-refractivity contribution in [2.24, 2.45) is 0 Å². The van der Waals surface area contributed by atoms with Gasteiger partial charge in [0, 0.05) is 11.4 Å². The van der Waals surface area contributed by atoms with Crippen LogP contribution in [-0.4, -0.2) is 35.0 Å². The molecule has 0 aliphatic heterocycles. The van der Waals surface area contributed by atoms with Gasteiger partial charge in [-0.3, -0.25) is 9.59 Å². The van der Waals surface area contributed by atoms with Gasteiger partial charge in [0.25, 0.3) is 0 Å². The molecule has 0 bridgehead atoms. The van der Waals surface area contributed by atoms with E-state index < -0.39 is 0 Å². The van der Waals surface area contributed by atoms with Crippen LogP contribution in [-0.2, 0) is 14.3 Å². The first kappa shape index (κ1) is 19.9. The number of aromatic nitrogens is 2. The topological polar surface area (TPSA) is 99.0 Å². The number of carbonyl (C=O) groups excluding carboxylic acids is 2. The summed E-state index contributed by atoms with van der Waals surface area (Å²) in [5.41, 5.74) is 3.13. The maximum absolute atomic E-state index is 12.0. The van der Waals surface area contributed by atoms with Crippen LogP contribution in [0.2, 0.25) is 0 Å². The second-order valence-corrected chi connectivity index (χ2v) is 9.48. The minimum atomic E-state index is -0.343. The third-order valence-corrected chi connectivity index (χ3v) is 6.27. The summed E-state index contributed by atoms with van der Waals surface area (Å²) in [5.74, 6) is -0.686. The number of rotatable bonds is 6. The zero-order valence-electron chi connectivity index (χ0n) is 14.7. The van der Waals surface area contributed by atoms with E-state index in [2.05, 4.69) is 20.6 Å². The lowest BCUT2D eigenvalue weighted by Gasteiger charge is -2.07. The largest absolute Gasteiger partial charge is 0.362 e. The second kappa shape index (κ2) is 8.51. The fourth-order valence-electron chi connectivity index (χ4n) is 2.68. The van der Waals surface area contributed by atoms with Crippen LogP contribution in [0.1, 0.15) is 0 Å². The van der Waals surface area contributed by atoms with E-state index in [-0.39, 0.29) is 25.0 Å². The van der Waals surface area contributed by atoms with Gasteiger partial charge in [-0.15, -0.1) is 22.7 Å². The number of hydrogen-bond acceptors (Lipinski definition) is 7. The summed E-state index contributed by atoms with van der Waals surface area (Å²) in [5, 5.41) is 5.48. The molecule has 7 nitrogen and oxygen atoms in total. The van der Waals surface area contributed by atoms with Crippen LogP contribution in [0.15, 0.2) is 36.4 Å². The molecule has 0 aliphatic rings. The minimum absolute atomic E-state index is 0.230. The van der Waals surface area contributed by atoms with Crippen molar-refractivity contribution in [1.82, 2.24) is 9.97 Å². The molecule has 0 aliphatic carbocycles. The molecule has 2 heterocycles. The predicted molar refractivity (Wildman–Crippen MR) is 122 cm³/mol. The highest BCUT2D eigenvalue weighted by Crippen LogP contribution is 2.24. The van der Waals surface area contributed by atoms with E-state index in [0.717, 1.165) is 20.4 Å². The number of benzene rings is 2. The fourth-order valence-corrected chi connectivity index (χ4v) is 4.99. The maximum atomic E-state index is 12.0. The molecule has 11 heteroatoms. The molecule has 0 saturated heterocycles. The van der Waals surface area contributed by atoms with Crippen molar-refractivity contribution in [3.8, 4) is 0 Å². The summed E-state index contributed by atoms with van der Waals surface area (Å²) in [6.07, 6.45) is 0. The fraction of sp³-hybridized carbons (Fsp3) is 0.111. The number of H-pyrrole nitrogens is 2. The molecule has 2 amide bonds. The van der Waals surface area contributed by atoms with Gasteiger partial charge in [0.05, 0.1) is 20.4 Å². The van der Waals surface area contributed by atoms with E-state index in [1.54, 1.807) is 12.1 Å². The van der Waals surface area contributed by atoms with Crippen molar-refractivity contribution in [2.45, 2.75) is 0 Å². The van der Waals surface area contributed by atoms with Crippen molar-refractivity contribution in [2.75, 3.05) is 23.8 Å². The van der Waals surface area contributed by atoms with Gasteiger partial charge < -0.3 is 25.3 Å². The Hall–Kier alpha value is -2.44. The minimum Gasteiger partial charge on any atom is -0.362 e. The zero-order valence-corrected chi connectivity index (χ0v) is 18.0. The third kappa shape index (κ3) is 4.95. The van der Waals surface area contributed by atoms with Crippen LogP contribution in [0.25, 0.3) is 20.4 Å². The number of aromatic amines is 2. The number of hydrogen-bond donors (Lipinski definition) is 4. The quantitative estimate of drug-likeness (QED) is 0.308. The molecule has 0 atom stereocenters. The van der Waals surface area contributed by atoms with Crippen LogP contribution < -0.4 is 10.6 Å². The van der Waals surface area contributed by atoms with Crippen LogP contribution >= 0.6 is 47.1 Å². The second-order valence-electron chi connectivity index (χ2n) is 6.04. The molecule has 0 unspecified atom stereocenters.